The van der Waals surface area contributed by atoms with Crippen LogP contribution < -0.4 is 0 Å². The first-order chi connectivity index (χ1) is 7.38. The molecule has 0 fully saturated rings. The smallest absolute Gasteiger partial charge is 0.113 e. The third kappa shape index (κ3) is 2.44. The lowest BCUT2D eigenvalue weighted by atomic mass is 10.3. The van der Waals surface area contributed by atoms with E-state index >= 15 is 0 Å². The fraction of sp³-hybridized carbons (Fsp3) is 0.167. The minimum Gasteiger partial charge on any atom is -0.336 e. The van der Waals surface area contributed by atoms with Gasteiger partial charge in [-0.3, -0.25) is 0 Å². The molecule has 0 aliphatic heterocycles. The molecular weight excluding hydrogens is 186 g/mol. The molecule has 0 saturated carbocycles. The summed E-state index contributed by atoms with van der Waals surface area (Å²) in [6.45, 7) is 2.05. The SMILES string of the molecule is CCc1ncc(C#Cc2ccccn2)[nH]1. The van der Waals surface area contributed by atoms with Crippen molar-refractivity contribution in [2.45, 2.75) is 13.3 Å². The number of pyridine rings is 1. The molecule has 2 rings (SSSR count). The van der Waals surface area contributed by atoms with Crippen molar-refractivity contribution in [1.82, 2.24) is 15.0 Å². The van der Waals surface area contributed by atoms with E-state index in [9.17, 15) is 0 Å². The summed E-state index contributed by atoms with van der Waals surface area (Å²) < 4.78 is 0. The number of nitrogens with one attached hydrogen (secondary N) is 1. The van der Waals surface area contributed by atoms with Crippen LogP contribution >= 0.6 is 0 Å². The first kappa shape index (κ1) is 9.47. The summed E-state index contributed by atoms with van der Waals surface area (Å²) in [4.78, 5) is 11.4. The van der Waals surface area contributed by atoms with Crippen molar-refractivity contribution in [2.24, 2.45) is 0 Å². The van der Waals surface area contributed by atoms with Gasteiger partial charge in [0.05, 0.1) is 6.20 Å². The molecule has 3 nitrogen and oxygen atoms in total. The quantitative estimate of drug-likeness (QED) is 0.708. The van der Waals surface area contributed by atoms with Gasteiger partial charge in [-0.1, -0.05) is 13.0 Å². The molecule has 2 aromatic rings. The van der Waals surface area contributed by atoms with Crippen molar-refractivity contribution in [3.63, 3.8) is 0 Å². The molecule has 0 unspecified atom stereocenters. The molecule has 1 N–H and O–H groups in total. The van der Waals surface area contributed by atoms with Gasteiger partial charge in [-0.15, -0.1) is 0 Å². The Labute approximate surface area is 88.6 Å². The van der Waals surface area contributed by atoms with Crippen LogP contribution in [0.5, 0.6) is 0 Å². The summed E-state index contributed by atoms with van der Waals surface area (Å²) in [6, 6.07) is 5.67. The molecule has 0 bridgehead atoms. The number of hydrogen-bond donors (Lipinski definition) is 1. The standard InChI is InChI=1S/C12H11N3/c1-2-12-14-9-11(15-12)7-6-10-5-3-4-8-13-10/h3-5,8-9H,2H2,1H3,(H,14,15). The number of aryl methyl sites for hydroxylation is 1. The average molecular weight is 197 g/mol. The van der Waals surface area contributed by atoms with Crippen molar-refractivity contribution < 1.29 is 0 Å². The van der Waals surface area contributed by atoms with Crippen molar-refractivity contribution in [3.05, 3.63) is 47.8 Å². The Morgan fingerprint density at radius 3 is 2.87 bits per heavy atom. The summed E-state index contributed by atoms with van der Waals surface area (Å²) in [5, 5.41) is 0. The molecule has 15 heavy (non-hydrogen) atoms. The summed E-state index contributed by atoms with van der Waals surface area (Å²) in [5.41, 5.74) is 1.60. The highest BCUT2D eigenvalue weighted by molar-refractivity contribution is 5.35. The number of aromatic nitrogens is 3. The molecule has 0 radical (unpaired) electrons. The summed E-state index contributed by atoms with van der Waals surface area (Å²) in [5.74, 6) is 6.91. The maximum Gasteiger partial charge on any atom is 0.113 e. The van der Waals surface area contributed by atoms with Crippen molar-refractivity contribution in [2.75, 3.05) is 0 Å². The maximum atomic E-state index is 4.17. The van der Waals surface area contributed by atoms with E-state index in [0.29, 0.717) is 0 Å². The number of aromatic amines is 1. The van der Waals surface area contributed by atoms with Crippen LogP contribution in [0.4, 0.5) is 0 Å². The van der Waals surface area contributed by atoms with Crippen LogP contribution in [0.1, 0.15) is 24.1 Å². The monoisotopic (exact) mass is 197 g/mol. The molecule has 0 atom stereocenters. The molecule has 74 valence electrons. The minimum absolute atomic E-state index is 0.769. The molecule has 3 heteroatoms. The van der Waals surface area contributed by atoms with Gasteiger partial charge in [-0.25, -0.2) is 9.97 Å². The van der Waals surface area contributed by atoms with Gasteiger partial charge in [0.1, 0.15) is 17.2 Å². The average Bonchev–Trinajstić information content (AvgIpc) is 2.76. The number of hydrogen-bond acceptors (Lipinski definition) is 2. The van der Waals surface area contributed by atoms with Gasteiger partial charge < -0.3 is 4.98 Å². The lowest BCUT2D eigenvalue weighted by Gasteiger charge is -1.85. The summed E-state index contributed by atoms with van der Waals surface area (Å²) in [7, 11) is 0. The molecule has 0 amide bonds. The van der Waals surface area contributed by atoms with E-state index in [1.165, 1.54) is 0 Å². The Morgan fingerprint density at radius 2 is 2.20 bits per heavy atom. The highest BCUT2D eigenvalue weighted by Gasteiger charge is 1.93. The second-order valence-electron chi connectivity index (χ2n) is 3.06. The van der Waals surface area contributed by atoms with Crippen LogP contribution in [0.15, 0.2) is 30.6 Å². The molecule has 2 heterocycles. The van der Waals surface area contributed by atoms with Crippen molar-refractivity contribution in [3.8, 4) is 11.8 Å². The highest BCUT2D eigenvalue weighted by atomic mass is 14.9. The second-order valence-corrected chi connectivity index (χ2v) is 3.06. The van der Waals surface area contributed by atoms with E-state index in [4.69, 9.17) is 0 Å². The fourth-order valence-corrected chi connectivity index (χ4v) is 1.17. The van der Waals surface area contributed by atoms with Crippen molar-refractivity contribution in [1.29, 1.82) is 0 Å². The van der Waals surface area contributed by atoms with E-state index in [-0.39, 0.29) is 0 Å². The van der Waals surface area contributed by atoms with Gasteiger partial charge in [0.25, 0.3) is 0 Å². The van der Waals surface area contributed by atoms with Gasteiger partial charge in [-0.2, -0.15) is 0 Å². The highest BCUT2D eigenvalue weighted by Crippen LogP contribution is 1.96. The van der Waals surface area contributed by atoms with Gasteiger partial charge in [0.15, 0.2) is 0 Å². The Kier molecular flexibility index (Phi) is 2.80. The van der Waals surface area contributed by atoms with E-state index in [1.54, 1.807) is 12.4 Å². The van der Waals surface area contributed by atoms with Gasteiger partial charge in [-0.05, 0) is 24.0 Å². The topological polar surface area (TPSA) is 41.6 Å². The van der Waals surface area contributed by atoms with E-state index in [2.05, 4.69) is 33.7 Å². The van der Waals surface area contributed by atoms with Crippen LogP contribution in [0, 0.1) is 11.8 Å². The minimum atomic E-state index is 0.769. The molecule has 0 aromatic carbocycles. The number of imidazole rings is 1. The zero-order chi connectivity index (χ0) is 10.5. The van der Waals surface area contributed by atoms with Crippen LogP contribution in [0.25, 0.3) is 0 Å². The van der Waals surface area contributed by atoms with Crippen LogP contribution in [-0.4, -0.2) is 15.0 Å². The Morgan fingerprint density at radius 1 is 1.27 bits per heavy atom. The fourth-order valence-electron chi connectivity index (χ4n) is 1.17. The molecule has 2 aromatic heterocycles. The van der Waals surface area contributed by atoms with Gasteiger partial charge >= 0.3 is 0 Å². The summed E-state index contributed by atoms with van der Waals surface area (Å²) in [6.07, 6.45) is 4.37. The predicted octanol–water partition coefficient (Wildman–Crippen LogP) is 1.77. The number of H-pyrrole nitrogens is 1. The van der Waals surface area contributed by atoms with Crippen LogP contribution in [0.3, 0.4) is 0 Å². The van der Waals surface area contributed by atoms with E-state index in [1.807, 2.05) is 18.2 Å². The molecule has 0 spiro atoms. The van der Waals surface area contributed by atoms with Crippen molar-refractivity contribution >= 4 is 0 Å². The Hall–Kier alpha value is -2.08. The zero-order valence-corrected chi connectivity index (χ0v) is 8.49. The Balaban J connectivity index is 2.18. The molecular formula is C12H11N3. The molecule has 0 aliphatic carbocycles. The van der Waals surface area contributed by atoms with Crippen LogP contribution in [0.2, 0.25) is 0 Å². The third-order valence-corrected chi connectivity index (χ3v) is 1.95. The summed E-state index contributed by atoms with van der Waals surface area (Å²) >= 11 is 0. The van der Waals surface area contributed by atoms with Gasteiger partial charge in [0, 0.05) is 12.6 Å². The van der Waals surface area contributed by atoms with E-state index in [0.717, 1.165) is 23.6 Å². The second kappa shape index (κ2) is 4.43. The lowest BCUT2D eigenvalue weighted by Crippen LogP contribution is -1.82. The molecule has 0 saturated heterocycles. The first-order valence-corrected chi connectivity index (χ1v) is 4.85. The first-order valence-electron chi connectivity index (χ1n) is 4.85. The maximum absolute atomic E-state index is 4.17. The van der Waals surface area contributed by atoms with Crippen LogP contribution in [-0.2, 0) is 6.42 Å². The number of rotatable bonds is 1. The van der Waals surface area contributed by atoms with Gasteiger partial charge in [0.2, 0.25) is 0 Å². The zero-order valence-electron chi connectivity index (χ0n) is 8.49. The lowest BCUT2D eigenvalue weighted by molar-refractivity contribution is 0.987. The third-order valence-electron chi connectivity index (χ3n) is 1.95. The largest absolute Gasteiger partial charge is 0.336 e. The normalized spacial score (nSPS) is 9.40. The predicted molar refractivity (Wildman–Crippen MR) is 58.2 cm³/mol. The Bertz CT molecular complexity index is 488. The molecule has 0 aliphatic rings. The van der Waals surface area contributed by atoms with E-state index < -0.39 is 0 Å². The number of nitrogens with zero attached hydrogens (tertiary/aromatic N) is 2.